The van der Waals surface area contributed by atoms with Crippen molar-refractivity contribution in [2.45, 2.75) is 64.2 Å². The van der Waals surface area contributed by atoms with Crippen LogP contribution in [0.2, 0.25) is 0 Å². The molecule has 4 heteroatoms. The fourth-order valence-corrected chi connectivity index (χ4v) is 4.45. The summed E-state index contributed by atoms with van der Waals surface area (Å²) in [5.74, 6) is 5.12. The Labute approximate surface area is 141 Å². The zero-order chi connectivity index (χ0) is 15.0. The molecule has 2 fully saturated rings. The lowest BCUT2D eigenvalue weighted by atomic mass is 9.76. The van der Waals surface area contributed by atoms with Crippen LogP contribution >= 0.6 is 22.6 Å². The second kappa shape index (κ2) is 6.39. The molecule has 0 radical (unpaired) electrons. The second-order valence-corrected chi connectivity index (χ2v) is 8.09. The largest absolute Gasteiger partial charge is 0.372 e. The molecule has 0 spiro atoms. The van der Waals surface area contributed by atoms with Gasteiger partial charge in [-0.1, -0.05) is 13.8 Å². The highest BCUT2D eigenvalue weighted by atomic mass is 127. The highest BCUT2D eigenvalue weighted by Gasteiger charge is 2.32. The Morgan fingerprint density at radius 3 is 2.14 bits per heavy atom. The molecule has 0 aromatic carbocycles. The zero-order valence-electron chi connectivity index (χ0n) is 13.3. The summed E-state index contributed by atoms with van der Waals surface area (Å²) in [4.78, 5) is 9.80. The third-order valence-electron chi connectivity index (χ3n) is 5.17. The Kier molecular flexibility index (Phi) is 4.71. The van der Waals surface area contributed by atoms with Crippen LogP contribution in [0.25, 0.3) is 0 Å². The van der Waals surface area contributed by atoms with E-state index in [9.17, 15) is 0 Å². The fourth-order valence-electron chi connectivity index (χ4n) is 3.50. The number of halogens is 1. The van der Waals surface area contributed by atoms with Crippen LogP contribution < -0.4 is 5.32 Å². The first-order chi connectivity index (χ1) is 10.1. The molecule has 1 aromatic rings. The third-order valence-corrected chi connectivity index (χ3v) is 6.24. The summed E-state index contributed by atoms with van der Waals surface area (Å²) in [7, 11) is 1.97. The molecule has 0 saturated heterocycles. The van der Waals surface area contributed by atoms with Gasteiger partial charge in [0.15, 0.2) is 0 Å². The summed E-state index contributed by atoms with van der Waals surface area (Å²) in [5.41, 5.74) is 1.30. The van der Waals surface area contributed by atoms with Crippen LogP contribution in [-0.4, -0.2) is 17.0 Å². The predicted molar refractivity (Wildman–Crippen MR) is 95.8 cm³/mol. The minimum Gasteiger partial charge on any atom is -0.372 e. The summed E-state index contributed by atoms with van der Waals surface area (Å²) < 4.78 is 1.23. The van der Waals surface area contributed by atoms with E-state index in [1.54, 1.807) is 0 Å². The van der Waals surface area contributed by atoms with E-state index in [-0.39, 0.29) is 0 Å². The fraction of sp³-hybridized carbons (Fsp3) is 0.765. The number of hydrogen-bond donors (Lipinski definition) is 1. The molecule has 2 aliphatic rings. The van der Waals surface area contributed by atoms with Crippen molar-refractivity contribution < 1.29 is 0 Å². The third kappa shape index (κ3) is 3.35. The van der Waals surface area contributed by atoms with Crippen LogP contribution in [0.3, 0.4) is 0 Å². The summed E-state index contributed by atoms with van der Waals surface area (Å²) >= 11 is 2.41. The van der Waals surface area contributed by atoms with Crippen molar-refractivity contribution in [2.24, 2.45) is 11.8 Å². The summed E-state index contributed by atoms with van der Waals surface area (Å²) in [6, 6.07) is 0. The molecule has 1 heterocycles. The Hall–Kier alpha value is -0.390. The van der Waals surface area contributed by atoms with E-state index < -0.39 is 0 Å². The van der Waals surface area contributed by atoms with E-state index in [0.717, 1.165) is 23.5 Å². The van der Waals surface area contributed by atoms with Crippen molar-refractivity contribution in [3.8, 4) is 0 Å². The van der Waals surface area contributed by atoms with Gasteiger partial charge in [-0.15, -0.1) is 0 Å². The highest BCUT2D eigenvalue weighted by molar-refractivity contribution is 14.1. The van der Waals surface area contributed by atoms with E-state index in [1.165, 1.54) is 47.8 Å². The average Bonchev–Trinajstić information content (AvgIpc) is 3.32. The van der Waals surface area contributed by atoms with E-state index in [4.69, 9.17) is 9.97 Å². The van der Waals surface area contributed by atoms with Gasteiger partial charge >= 0.3 is 0 Å². The maximum Gasteiger partial charge on any atom is 0.143 e. The number of aromatic nitrogens is 2. The van der Waals surface area contributed by atoms with Crippen molar-refractivity contribution in [3.05, 3.63) is 15.1 Å². The molecular weight excluding hydrogens is 373 g/mol. The summed E-state index contributed by atoms with van der Waals surface area (Å²) in [6.45, 7) is 4.72. The molecule has 2 saturated carbocycles. The lowest BCUT2D eigenvalue weighted by molar-refractivity contribution is 0.254. The van der Waals surface area contributed by atoms with Crippen LogP contribution in [0.4, 0.5) is 5.82 Å². The van der Waals surface area contributed by atoms with Crippen molar-refractivity contribution in [1.29, 1.82) is 0 Å². The first-order valence-corrected chi connectivity index (χ1v) is 9.43. The standard InChI is InChI=1S/C17H26IN3/c1-10(2)11-4-8-13(9-5-11)16-20-15(12-6-7-12)14(18)17(19-3)21-16/h10-13H,4-9H2,1-3H3,(H,19,20,21). The van der Waals surface area contributed by atoms with Crippen LogP contribution in [0.1, 0.15) is 75.7 Å². The van der Waals surface area contributed by atoms with Crippen LogP contribution in [-0.2, 0) is 0 Å². The molecule has 116 valence electrons. The molecule has 21 heavy (non-hydrogen) atoms. The molecular formula is C17H26IN3. The molecule has 3 rings (SSSR count). The highest BCUT2D eigenvalue weighted by Crippen LogP contribution is 2.44. The number of anilines is 1. The van der Waals surface area contributed by atoms with Crippen LogP contribution in [0.15, 0.2) is 0 Å². The van der Waals surface area contributed by atoms with Gasteiger partial charge in [0.2, 0.25) is 0 Å². The number of nitrogens with one attached hydrogen (secondary N) is 1. The zero-order valence-corrected chi connectivity index (χ0v) is 15.5. The molecule has 2 aliphatic carbocycles. The Morgan fingerprint density at radius 2 is 1.62 bits per heavy atom. The molecule has 1 N–H and O–H groups in total. The maximum absolute atomic E-state index is 4.98. The maximum atomic E-state index is 4.98. The van der Waals surface area contributed by atoms with Crippen LogP contribution in [0, 0.1) is 15.4 Å². The quantitative estimate of drug-likeness (QED) is 0.730. The number of rotatable bonds is 4. The number of hydrogen-bond acceptors (Lipinski definition) is 3. The minimum atomic E-state index is 0.571. The van der Waals surface area contributed by atoms with E-state index in [2.05, 4.69) is 41.8 Å². The molecule has 0 amide bonds. The second-order valence-electron chi connectivity index (χ2n) is 7.01. The van der Waals surface area contributed by atoms with Gasteiger partial charge in [0.05, 0.1) is 9.26 Å². The topological polar surface area (TPSA) is 37.8 Å². The van der Waals surface area contributed by atoms with Gasteiger partial charge in [0, 0.05) is 18.9 Å². The Morgan fingerprint density at radius 1 is 1.00 bits per heavy atom. The van der Waals surface area contributed by atoms with E-state index in [0.29, 0.717) is 11.8 Å². The van der Waals surface area contributed by atoms with Crippen LogP contribution in [0.5, 0.6) is 0 Å². The summed E-state index contributed by atoms with van der Waals surface area (Å²) in [5, 5.41) is 3.27. The first-order valence-electron chi connectivity index (χ1n) is 8.35. The monoisotopic (exact) mass is 399 g/mol. The van der Waals surface area contributed by atoms with Gasteiger partial charge in [0.25, 0.3) is 0 Å². The van der Waals surface area contributed by atoms with E-state index >= 15 is 0 Å². The Balaban J connectivity index is 1.81. The minimum absolute atomic E-state index is 0.571. The number of nitrogens with zero attached hydrogens (tertiary/aromatic N) is 2. The molecule has 1 aromatic heterocycles. The van der Waals surface area contributed by atoms with E-state index in [1.807, 2.05) is 7.05 Å². The smallest absolute Gasteiger partial charge is 0.143 e. The van der Waals surface area contributed by atoms with Crippen molar-refractivity contribution in [2.75, 3.05) is 12.4 Å². The first kappa shape index (κ1) is 15.5. The molecule has 0 atom stereocenters. The van der Waals surface area contributed by atoms with Gasteiger partial charge in [-0.3, -0.25) is 0 Å². The Bertz CT molecular complexity index is 503. The van der Waals surface area contributed by atoms with Gasteiger partial charge in [0.1, 0.15) is 11.6 Å². The predicted octanol–water partition coefficient (Wildman–Crippen LogP) is 4.93. The van der Waals surface area contributed by atoms with Crippen molar-refractivity contribution >= 4 is 28.4 Å². The van der Waals surface area contributed by atoms with Gasteiger partial charge in [-0.25, -0.2) is 9.97 Å². The molecule has 0 aliphatic heterocycles. The molecule has 0 bridgehead atoms. The molecule has 0 unspecified atom stereocenters. The summed E-state index contributed by atoms with van der Waals surface area (Å²) in [6.07, 6.45) is 7.80. The molecule has 3 nitrogen and oxygen atoms in total. The average molecular weight is 399 g/mol. The van der Waals surface area contributed by atoms with Gasteiger partial charge in [-0.2, -0.15) is 0 Å². The van der Waals surface area contributed by atoms with Gasteiger partial charge in [-0.05, 0) is 73.0 Å². The van der Waals surface area contributed by atoms with Gasteiger partial charge < -0.3 is 5.32 Å². The lowest BCUT2D eigenvalue weighted by Gasteiger charge is -2.30. The van der Waals surface area contributed by atoms with Crippen molar-refractivity contribution in [3.63, 3.8) is 0 Å². The normalized spacial score (nSPS) is 26.1. The van der Waals surface area contributed by atoms with Crippen molar-refractivity contribution in [1.82, 2.24) is 9.97 Å². The SMILES string of the molecule is CNc1nc(C2CCC(C(C)C)CC2)nc(C2CC2)c1I. The lowest BCUT2D eigenvalue weighted by Crippen LogP contribution is -2.20.